The van der Waals surface area contributed by atoms with Crippen LogP contribution in [-0.2, 0) is 4.79 Å². The van der Waals surface area contributed by atoms with E-state index in [4.69, 9.17) is 28.3 Å². The molecule has 0 aromatic heterocycles. The van der Waals surface area contributed by atoms with E-state index in [0.717, 1.165) is 0 Å². The average molecular weight is 262 g/mol. The van der Waals surface area contributed by atoms with Crippen molar-refractivity contribution in [2.45, 2.75) is 19.3 Å². The zero-order valence-electron chi connectivity index (χ0n) is 8.67. The highest BCUT2D eigenvalue weighted by Crippen LogP contribution is 2.25. The van der Waals surface area contributed by atoms with Crippen LogP contribution in [0.2, 0.25) is 10.0 Å². The number of anilines is 1. The highest BCUT2D eigenvalue weighted by Gasteiger charge is 2.05. The van der Waals surface area contributed by atoms with Gasteiger partial charge in [-0.25, -0.2) is 0 Å². The average Bonchev–Trinajstić information content (AvgIpc) is 2.23. The van der Waals surface area contributed by atoms with E-state index in [1.165, 1.54) is 0 Å². The predicted octanol–water partition coefficient (Wildman–Crippen LogP) is 3.09. The lowest BCUT2D eigenvalue weighted by atomic mass is 10.2. The molecule has 0 radical (unpaired) electrons. The van der Waals surface area contributed by atoms with Crippen molar-refractivity contribution in [3.05, 3.63) is 28.2 Å². The zero-order chi connectivity index (χ0) is 12.0. The molecule has 0 aliphatic rings. The molecule has 1 rings (SSSR count). The second-order valence-corrected chi connectivity index (χ2v) is 4.20. The maximum absolute atomic E-state index is 11.4. The molecule has 88 valence electrons. The Morgan fingerprint density at radius 3 is 2.69 bits per heavy atom. The minimum atomic E-state index is -0.113. The summed E-state index contributed by atoms with van der Waals surface area (Å²) in [7, 11) is 0. The van der Waals surface area contributed by atoms with Crippen LogP contribution in [0.25, 0.3) is 0 Å². The molecule has 3 nitrogen and oxygen atoms in total. The Kier molecular flexibility index (Phi) is 5.60. The van der Waals surface area contributed by atoms with E-state index in [1.54, 1.807) is 18.2 Å². The number of carbonyl (C=O) groups excluding carboxylic acids is 1. The first-order valence-electron chi connectivity index (χ1n) is 4.99. The lowest BCUT2D eigenvalue weighted by Gasteiger charge is -2.07. The van der Waals surface area contributed by atoms with Gasteiger partial charge in [-0.15, -0.1) is 0 Å². The van der Waals surface area contributed by atoms with Gasteiger partial charge in [0.05, 0.1) is 10.7 Å². The number of hydrogen-bond acceptors (Lipinski definition) is 2. The smallest absolute Gasteiger partial charge is 0.224 e. The van der Waals surface area contributed by atoms with Gasteiger partial charge in [0, 0.05) is 18.1 Å². The maximum Gasteiger partial charge on any atom is 0.224 e. The second-order valence-electron chi connectivity index (χ2n) is 3.35. The SMILES string of the molecule is O=C(CCCCO)Nc1ccc(Cl)cc1Cl. The number of aliphatic hydroxyl groups is 1. The molecule has 0 atom stereocenters. The second kappa shape index (κ2) is 6.74. The summed E-state index contributed by atoms with van der Waals surface area (Å²) in [6, 6.07) is 4.90. The van der Waals surface area contributed by atoms with Gasteiger partial charge in [0.25, 0.3) is 0 Å². The molecule has 0 saturated heterocycles. The number of carbonyl (C=O) groups is 1. The Hall–Kier alpha value is -0.770. The van der Waals surface area contributed by atoms with Crippen LogP contribution in [0.1, 0.15) is 19.3 Å². The summed E-state index contributed by atoms with van der Waals surface area (Å²) in [6.45, 7) is 0.106. The van der Waals surface area contributed by atoms with Crippen LogP contribution in [0, 0.1) is 0 Å². The van der Waals surface area contributed by atoms with Gasteiger partial charge in [0.2, 0.25) is 5.91 Å². The van der Waals surface area contributed by atoms with Crippen molar-refractivity contribution < 1.29 is 9.90 Å². The van der Waals surface area contributed by atoms with Gasteiger partial charge in [-0.1, -0.05) is 23.2 Å². The van der Waals surface area contributed by atoms with Crippen molar-refractivity contribution in [2.75, 3.05) is 11.9 Å². The molecule has 1 aromatic rings. The zero-order valence-corrected chi connectivity index (χ0v) is 10.2. The first-order chi connectivity index (χ1) is 7.63. The Bertz CT molecular complexity index is 369. The van der Waals surface area contributed by atoms with E-state index >= 15 is 0 Å². The molecule has 0 spiro atoms. The van der Waals surface area contributed by atoms with Crippen molar-refractivity contribution in [1.29, 1.82) is 0 Å². The summed E-state index contributed by atoms with van der Waals surface area (Å²) in [5.41, 5.74) is 0.556. The molecule has 5 heteroatoms. The summed E-state index contributed by atoms with van der Waals surface area (Å²) in [6.07, 6.45) is 1.66. The summed E-state index contributed by atoms with van der Waals surface area (Å²) in [4.78, 5) is 11.4. The number of unbranched alkanes of at least 4 members (excludes halogenated alkanes) is 1. The number of amides is 1. The van der Waals surface area contributed by atoms with Gasteiger partial charge in [0.15, 0.2) is 0 Å². The van der Waals surface area contributed by atoms with Crippen LogP contribution in [0.15, 0.2) is 18.2 Å². The molecular weight excluding hydrogens is 249 g/mol. The summed E-state index contributed by atoms with van der Waals surface area (Å²) in [5, 5.41) is 12.2. The van der Waals surface area contributed by atoms with Gasteiger partial charge < -0.3 is 10.4 Å². The number of rotatable bonds is 5. The molecule has 0 bridgehead atoms. The predicted molar refractivity (Wildman–Crippen MR) is 66.0 cm³/mol. The molecular formula is C11H13Cl2NO2. The van der Waals surface area contributed by atoms with Gasteiger partial charge in [0.1, 0.15) is 0 Å². The van der Waals surface area contributed by atoms with Crippen LogP contribution >= 0.6 is 23.2 Å². The Morgan fingerprint density at radius 2 is 2.06 bits per heavy atom. The monoisotopic (exact) mass is 261 g/mol. The molecule has 2 N–H and O–H groups in total. The van der Waals surface area contributed by atoms with Crippen molar-refractivity contribution in [2.24, 2.45) is 0 Å². The largest absolute Gasteiger partial charge is 0.396 e. The normalized spacial score (nSPS) is 10.2. The van der Waals surface area contributed by atoms with Crippen LogP contribution in [0.5, 0.6) is 0 Å². The molecule has 0 heterocycles. The highest BCUT2D eigenvalue weighted by molar-refractivity contribution is 6.36. The molecule has 1 amide bonds. The van der Waals surface area contributed by atoms with E-state index in [-0.39, 0.29) is 12.5 Å². The van der Waals surface area contributed by atoms with Crippen LogP contribution in [0.4, 0.5) is 5.69 Å². The first-order valence-corrected chi connectivity index (χ1v) is 5.75. The quantitative estimate of drug-likeness (QED) is 0.801. The van der Waals surface area contributed by atoms with Gasteiger partial charge >= 0.3 is 0 Å². The highest BCUT2D eigenvalue weighted by atomic mass is 35.5. The fourth-order valence-corrected chi connectivity index (χ4v) is 1.66. The van der Waals surface area contributed by atoms with E-state index in [2.05, 4.69) is 5.32 Å². The van der Waals surface area contributed by atoms with Gasteiger partial charge in [-0.3, -0.25) is 4.79 Å². The van der Waals surface area contributed by atoms with E-state index in [1.807, 2.05) is 0 Å². The summed E-state index contributed by atoms with van der Waals surface area (Å²) >= 11 is 11.6. The first kappa shape index (κ1) is 13.3. The number of halogens is 2. The fraction of sp³-hybridized carbons (Fsp3) is 0.364. The Labute approximate surface area is 104 Å². The van der Waals surface area contributed by atoms with Crippen LogP contribution in [-0.4, -0.2) is 17.6 Å². The standard InChI is InChI=1S/C11H13Cl2NO2/c12-8-4-5-10(9(13)7-8)14-11(16)3-1-2-6-15/h4-5,7,15H,1-3,6H2,(H,14,16). The summed E-state index contributed by atoms with van der Waals surface area (Å²) < 4.78 is 0. The number of aliphatic hydroxyl groups excluding tert-OH is 1. The number of hydrogen-bond donors (Lipinski definition) is 2. The molecule has 0 fully saturated rings. The minimum absolute atomic E-state index is 0.106. The van der Waals surface area contributed by atoms with Crippen molar-refractivity contribution >= 4 is 34.8 Å². The fourth-order valence-electron chi connectivity index (χ4n) is 1.20. The minimum Gasteiger partial charge on any atom is -0.396 e. The third-order valence-electron chi connectivity index (χ3n) is 2.02. The van der Waals surface area contributed by atoms with Gasteiger partial charge in [-0.05, 0) is 31.0 Å². The van der Waals surface area contributed by atoms with Crippen LogP contribution in [0.3, 0.4) is 0 Å². The number of nitrogens with one attached hydrogen (secondary N) is 1. The van der Waals surface area contributed by atoms with Crippen LogP contribution < -0.4 is 5.32 Å². The number of benzene rings is 1. The summed E-state index contributed by atoms with van der Waals surface area (Å²) in [5.74, 6) is -0.113. The molecule has 0 saturated carbocycles. The third-order valence-corrected chi connectivity index (χ3v) is 2.56. The topological polar surface area (TPSA) is 49.3 Å². The molecule has 0 aliphatic carbocycles. The third kappa shape index (κ3) is 4.39. The van der Waals surface area contributed by atoms with Crippen molar-refractivity contribution in [1.82, 2.24) is 0 Å². The van der Waals surface area contributed by atoms with E-state index in [9.17, 15) is 4.79 Å². The lowest BCUT2D eigenvalue weighted by Crippen LogP contribution is -2.11. The maximum atomic E-state index is 11.4. The lowest BCUT2D eigenvalue weighted by molar-refractivity contribution is -0.116. The molecule has 0 aliphatic heterocycles. The molecule has 16 heavy (non-hydrogen) atoms. The Balaban J connectivity index is 2.49. The van der Waals surface area contributed by atoms with Gasteiger partial charge in [-0.2, -0.15) is 0 Å². The van der Waals surface area contributed by atoms with Crippen molar-refractivity contribution in [3.63, 3.8) is 0 Å². The molecule has 0 unspecified atom stereocenters. The van der Waals surface area contributed by atoms with E-state index < -0.39 is 0 Å². The van der Waals surface area contributed by atoms with Crippen molar-refractivity contribution in [3.8, 4) is 0 Å². The van der Waals surface area contributed by atoms with E-state index in [0.29, 0.717) is 35.0 Å². The molecule has 1 aromatic carbocycles. The Morgan fingerprint density at radius 1 is 1.31 bits per heavy atom.